The van der Waals surface area contributed by atoms with Gasteiger partial charge in [-0.05, 0) is 30.3 Å². The van der Waals surface area contributed by atoms with Crippen molar-refractivity contribution in [3.8, 4) is 0 Å². The number of halogens is 3. The lowest BCUT2D eigenvalue weighted by Gasteiger charge is -2.11. The van der Waals surface area contributed by atoms with E-state index in [0.717, 1.165) is 18.2 Å². The highest BCUT2D eigenvalue weighted by atomic mass is 32.2. The van der Waals surface area contributed by atoms with Crippen LogP contribution in [0.3, 0.4) is 0 Å². The predicted octanol–water partition coefficient (Wildman–Crippen LogP) is 4.17. The molecule has 0 radical (unpaired) electrons. The van der Waals surface area contributed by atoms with Gasteiger partial charge in [-0.25, -0.2) is 31.6 Å². The van der Waals surface area contributed by atoms with Gasteiger partial charge >= 0.3 is 0 Å². The Balaban J connectivity index is 1.85. The fraction of sp³-hybridized carbons (Fsp3) is 0.111. The van der Waals surface area contributed by atoms with Crippen molar-refractivity contribution in [1.82, 2.24) is 9.97 Å². The third-order valence-corrected chi connectivity index (χ3v) is 5.53. The molecule has 0 bridgehead atoms. The van der Waals surface area contributed by atoms with E-state index < -0.39 is 27.3 Å². The van der Waals surface area contributed by atoms with Crippen molar-refractivity contribution >= 4 is 32.8 Å². The maximum Gasteiger partial charge on any atom is 0.178 e. The average molecular weight is 408 g/mol. The van der Waals surface area contributed by atoms with E-state index in [4.69, 9.17) is 0 Å². The Morgan fingerprint density at radius 3 is 2.21 bits per heavy atom. The maximum atomic E-state index is 14.1. The molecule has 28 heavy (non-hydrogen) atoms. The second-order valence-electron chi connectivity index (χ2n) is 5.71. The first kappa shape index (κ1) is 19.6. The topological polar surface area (TPSA) is 84.0 Å². The van der Waals surface area contributed by atoms with Crippen LogP contribution in [0.2, 0.25) is 0 Å². The van der Waals surface area contributed by atoms with Gasteiger partial charge < -0.3 is 10.6 Å². The largest absolute Gasteiger partial charge is 0.340 e. The van der Waals surface area contributed by atoms with Crippen LogP contribution in [-0.2, 0) is 9.84 Å². The second-order valence-corrected chi connectivity index (χ2v) is 7.99. The molecule has 0 spiro atoms. The predicted molar refractivity (Wildman–Crippen MR) is 99.1 cm³/mol. The second kappa shape index (κ2) is 7.85. The van der Waals surface area contributed by atoms with Crippen molar-refractivity contribution in [2.75, 3.05) is 16.4 Å². The monoisotopic (exact) mass is 408 g/mol. The number of nitrogens with zero attached hydrogens (tertiary/aromatic N) is 2. The summed E-state index contributed by atoms with van der Waals surface area (Å²) in [6, 6.07) is 8.07. The summed E-state index contributed by atoms with van der Waals surface area (Å²) >= 11 is 0. The average Bonchev–Trinajstić information content (AvgIpc) is 2.67. The summed E-state index contributed by atoms with van der Waals surface area (Å²) < 4.78 is 64.4. The van der Waals surface area contributed by atoms with Gasteiger partial charge in [0.05, 0.1) is 16.3 Å². The Kier molecular flexibility index (Phi) is 5.50. The van der Waals surface area contributed by atoms with E-state index in [9.17, 15) is 21.6 Å². The molecule has 1 aromatic heterocycles. The number of hydrogen-bond donors (Lipinski definition) is 2. The van der Waals surface area contributed by atoms with Crippen LogP contribution >= 0.6 is 0 Å². The van der Waals surface area contributed by atoms with Crippen LogP contribution in [0.1, 0.15) is 6.92 Å². The molecule has 0 unspecified atom stereocenters. The number of sulfone groups is 1. The molecule has 0 aliphatic rings. The van der Waals surface area contributed by atoms with Gasteiger partial charge in [0.25, 0.3) is 0 Å². The van der Waals surface area contributed by atoms with Crippen LogP contribution in [0, 0.1) is 17.5 Å². The van der Waals surface area contributed by atoms with Gasteiger partial charge in [-0.3, -0.25) is 0 Å². The lowest BCUT2D eigenvalue weighted by Crippen LogP contribution is -2.06. The quantitative estimate of drug-likeness (QED) is 0.596. The highest BCUT2D eigenvalue weighted by Crippen LogP contribution is 2.25. The zero-order valence-corrected chi connectivity index (χ0v) is 15.4. The van der Waals surface area contributed by atoms with Gasteiger partial charge in [-0.1, -0.05) is 6.92 Å². The van der Waals surface area contributed by atoms with Gasteiger partial charge in [-0.2, -0.15) is 0 Å². The minimum atomic E-state index is -3.50. The van der Waals surface area contributed by atoms with Crippen molar-refractivity contribution in [3.05, 3.63) is 66.2 Å². The van der Waals surface area contributed by atoms with E-state index in [0.29, 0.717) is 0 Å². The molecule has 0 saturated carbocycles. The van der Waals surface area contributed by atoms with E-state index in [2.05, 4.69) is 20.6 Å². The fourth-order valence-electron chi connectivity index (χ4n) is 2.31. The molecule has 2 N–H and O–H groups in total. The first-order valence-corrected chi connectivity index (χ1v) is 9.77. The fourth-order valence-corrected chi connectivity index (χ4v) is 3.22. The van der Waals surface area contributed by atoms with Crippen molar-refractivity contribution in [2.24, 2.45) is 0 Å². The highest BCUT2D eigenvalue weighted by Gasteiger charge is 2.15. The van der Waals surface area contributed by atoms with Gasteiger partial charge in [0, 0.05) is 17.8 Å². The van der Waals surface area contributed by atoms with Crippen molar-refractivity contribution < 1.29 is 21.6 Å². The number of hydrogen-bond acceptors (Lipinski definition) is 6. The normalized spacial score (nSPS) is 11.3. The van der Waals surface area contributed by atoms with E-state index in [-0.39, 0.29) is 33.7 Å². The molecular weight excluding hydrogens is 393 g/mol. The number of nitrogens with one attached hydrogen (secondary N) is 2. The lowest BCUT2D eigenvalue weighted by atomic mass is 10.3. The SMILES string of the molecule is CCS(=O)(=O)c1ccc(F)c(Nc2cc(Nc3ccc(F)c(F)c3)ncn2)c1. The minimum absolute atomic E-state index is 0.0203. The summed E-state index contributed by atoms with van der Waals surface area (Å²) in [6.45, 7) is 1.49. The molecule has 0 atom stereocenters. The van der Waals surface area contributed by atoms with E-state index in [1.807, 2.05) is 0 Å². The van der Waals surface area contributed by atoms with Gasteiger partial charge in [0.2, 0.25) is 0 Å². The number of anilines is 4. The first-order chi connectivity index (χ1) is 13.3. The van der Waals surface area contributed by atoms with Gasteiger partial charge in [0.15, 0.2) is 21.5 Å². The standard InChI is InChI=1S/C18H15F3N4O2S/c1-2-28(26,27)12-4-6-14(20)16(8-12)25-18-9-17(22-10-23-18)24-11-3-5-13(19)15(21)7-11/h3-10H,2H2,1H3,(H2,22,23,24,25). The Labute approximate surface area is 159 Å². The summed E-state index contributed by atoms with van der Waals surface area (Å²) in [5.41, 5.74) is 0.178. The molecule has 0 fully saturated rings. The summed E-state index contributed by atoms with van der Waals surface area (Å²) in [5.74, 6) is -2.37. The molecular formula is C18H15F3N4O2S. The van der Waals surface area contributed by atoms with Crippen LogP contribution in [0.25, 0.3) is 0 Å². The third kappa shape index (κ3) is 4.39. The zero-order chi connectivity index (χ0) is 20.3. The Morgan fingerprint density at radius 2 is 1.54 bits per heavy atom. The van der Waals surface area contributed by atoms with Gasteiger partial charge in [0.1, 0.15) is 23.8 Å². The lowest BCUT2D eigenvalue weighted by molar-refractivity contribution is 0.509. The van der Waals surface area contributed by atoms with Crippen LogP contribution < -0.4 is 10.6 Å². The van der Waals surface area contributed by atoms with Crippen LogP contribution in [-0.4, -0.2) is 24.1 Å². The number of rotatable bonds is 6. The molecule has 0 aliphatic carbocycles. The van der Waals surface area contributed by atoms with E-state index in [1.165, 1.54) is 37.5 Å². The molecule has 3 aromatic rings. The summed E-state index contributed by atoms with van der Waals surface area (Å²) in [7, 11) is -3.50. The molecule has 0 saturated heterocycles. The zero-order valence-electron chi connectivity index (χ0n) is 14.6. The van der Waals surface area contributed by atoms with Crippen molar-refractivity contribution in [1.29, 1.82) is 0 Å². The van der Waals surface area contributed by atoms with Crippen molar-refractivity contribution in [2.45, 2.75) is 11.8 Å². The smallest absolute Gasteiger partial charge is 0.178 e. The number of benzene rings is 2. The Morgan fingerprint density at radius 1 is 0.857 bits per heavy atom. The van der Waals surface area contributed by atoms with Gasteiger partial charge in [-0.15, -0.1) is 0 Å². The highest BCUT2D eigenvalue weighted by molar-refractivity contribution is 7.91. The molecule has 2 aromatic carbocycles. The van der Waals surface area contributed by atoms with E-state index in [1.54, 1.807) is 0 Å². The molecule has 6 nitrogen and oxygen atoms in total. The Bertz CT molecular complexity index is 1120. The molecule has 3 rings (SSSR count). The third-order valence-electron chi connectivity index (χ3n) is 3.80. The molecule has 10 heteroatoms. The van der Waals surface area contributed by atoms with Crippen molar-refractivity contribution in [3.63, 3.8) is 0 Å². The molecule has 0 amide bonds. The summed E-state index contributed by atoms with van der Waals surface area (Å²) in [4.78, 5) is 7.88. The summed E-state index contributed by atoms with van der Waals surface area (Å²) in [5, 5.41) is 5.46. The van der Waals surface area contributed by atoms with Crippen LogP contribution in [0.5, 0.6) is 0 Å². The van der Waals surface area contributed by atoms with E-state index >= 15 is 0 Å². The summed E-state index contributed by atoms with van der Waals surface area (Å²) in [6.07, 6.45) is 1.18. The van der Waals surface area contributed by atoms with Crippen LogP contribution in [0.4, 0.5) is 36.2 Å². The van der Waals surface area contributed by atoms with Crippen LogP contribution in [0.15, 0.2) is 53.7 Å². The number of aromatic nitrogens is 2. The maximum absolute atomic E-state index is 14.1. The molecule has 146 valence electrons. The minimum Gasteiger partial charge on any atom is -0.340 e. The molecule has 0 aliphatic heterocycles. The first-order valence-electron chi connectivity index (χ1n) is 8.12. The molecule has 1 heterocycles. The Hall–Kier alpha value is -3.14.